The number of rotatable bonds is 6. The summed E-state index contributed by atoms with van der Waals surface area (Å²) in [5.41, 5.74) is 1.66. The molecule has 1 atom stereocenters. The zero-order valence-electron chi connectivity index (χ0n) is 14.4. The van der Waals surface area contributed by atoms with Crippen LogP contribution in [0.5, 0.6) is 11.6 Å². The number of aromatic nitrogens is 4. The van der Waals surface area contributed by atoms with E-state index in [0.717, 1.165) is 11.3 Å². The molecule has 134 valence electrons. The first-order chi connectivity index (χ1) is 12.5. The Morgan fingerprint density at radius 2 is 2.15 bits per heavy atom. The fraction of sp³-hybridized carbons (Fsp3) is 0.222. The molecule has 7 nitrogen and oxygen atoms in total. The van der Waals surface area contributed by atoms with Crippen molar-refractivity contribution < 1.29 is 9.53 Å². The number of nitrogens with one attached hydrogen (secondary N) is 1. The summed E-state index contributed by atoms with van der Waals surface area (Å²) in [7, 11) is 0. The van der Waals surface area contributed by atoms with Gasteiger partial charge in [0.1, 0.15) is 11.8 Å². The normalized spacial score (nSPS) is 11.8. The topological polar surface area (TPSA) is 81.9 Å². The Morgan fingerprint density at radius 3 is 2.85 bits per heavy atom. The monoisotopic (exact) mass is 371 g/mol. The summed E-state index contributed by atoms with van der Waals surface area (Å²) in [5, 5.41) is 7.40. The van der Waals surface area contributed by atoms with Crippen LogP contribution in [0.1, 0.15) is 24.2 Å². The van der Waals surface area contributed by atoms with Crippen LogP contribution in [0.15, 0.2) is 49.1 Å². The molecular weight excluding hydrogens is 354 g/mol. The van der Waals surface area contributed by atoms with Crippen LogP contribution >= 0.6 is 11.6 Å². The molecule has 0 aliphatic carbocycles. The average molecular weight is 372 g/mol. The molecule has 0 fully saturated rings. The lowest BCUT2D eigenvalue weighted by Crippen LogP contribution is -2.31. The van der Waals surface area contributed by atoms with Crippen LogP contribution < -0.4 is 10.1 Å². The standard InChI is InChI=1S/C18H18ClN5O2/c1-12-5-6-16(10-21-12)26-18-14(4-3-7-20-18)8-22-17(25)13(2)24-11-15(19)9-23-24/h3-7,9-11,13H,8H2,1-2H3,(H,22,25). The van der Waals surface area contributed by atoms with E-state index in [2.05, 4.69) is 20.4 Å². The molecule has 0 saturated carbocycles. The van der Waals surface area contributed by atoms with Crippen molar-refractivity contribution in [1.29, 1.82) is 0 Å². The van der Waals surface area contributed by atoms with Crippen molar-refractivity contribution in [3.63, 3.8) is 0 Å². The SMILES string of the molecule is Cc1ccc(Oc2ncccc2CNC(=O)C(C)n2cc(Cl)cn2)cn1. The van der Waals surface area contributed by atoms with E-state index >= 15 is 0 Å². The Labute approximate surface area is 156 Å². The lowest BCUT2D eigenvalue weighted by Gasteiger charge is -2.14. The molecule has 0 spiro atoms. The van der Waals surface area contributed by atoms with Gasteiger partial charge in [-0.15, -0.1) is 0 Å². The molecule has 3 aromatic heterocycles. The van der Waals surface area contributed by atoms with Crippen LogP contribution in [0.3, 0.4) is 0 Å². The number of amides is 1. The molecule has 3 aromatic rings. The molecule has 0 aliphatic heterocycles. The third-order valence-electron chi connectivity index (χ3n) is 3.75. The highest BCUT2D eigenvalue weighted by atomic mass is 35.5. The predicted molar refractivity (Wildman–Crippen MR) is 97.1 cm³/mol. The molecule has 1 amide bonds. The van der Waals surface area contributed by atoms with E-state index in [1.165, 1.54) is 10.9 Å². The van der Waals surface area contributed by atoms with Gasteiger partial charge in [0.2, 0.25) is 11.8 Å². The van der Waals surface area contributed by atoms with Gasteiger partial charge in [0.15, 0.2) is 0 Å². The zero-order valence-corrected chi connectivity index (χ0v) is 15.1. The molecule has 0 aliphatic rings. The highest BCUT2D eigenvalue weighted by Gasteiger charge is 2.16. The quantitative estimate of drug-likeness (QED) is 0.718. The minimum Gasteiger partial charge on any atom is -0.437 e. The maximum atomic E-state index is 12.3. The van der Waals surface area contributed by atoms with Gasteiger partial charge in [0, 0.05) is 30.2 Å². The summed E-state index contributed by atoms with van der Waals surface area (Å²) in [6.45, 7) is 3.93. The third-order valence-corrected chi connectivity index (χ3v) is 3.94. The summed E-state index contributed by atoms with van der Waals surface area (Å²) < 4.78 is 7.30. The fourth-order valence-corrected chi connectivity index (χ4v) is 2.40. The van der Waals surface area contributed by atoms with Gasteiger partial charge in [-0.3, -0.25) is 14.5 Å². The van der Waals surface area contributed by atoms with Crippen molar-refractivity contribution >= 4 is 17.5 Å². The van der Waals surface area contributed by atoms with Gasteiger partial charge in [-0.1, -0.05) is 17.7 Å². The summed E-state index contributed by atoms with van der Waals surface area (Å²) in [4.78, 5) is 20.8. The Balaban J connectivity index is 1.66. The van der Waals surface area contributed by atoms with Gasteiger partial charge in [0.05, 0.1) is 17.4 Å². The maximum Gasteiger partial charge on any atom is 0.244 e. The Morgan fingerprint density at radius 1 is 1.31 bits per heavy atom. The van der Waals surface area contributed by atoms with Crippen molar-refractivity contribution in [3.05, 3.63) is 65.3 Å². The first kappa shape index (κ1) is 17.9. The molecule has 3 heterocycles. The van der Waals surface area contributed by atoms with E-state index in [1.54, 1.807) is 31.6 Å². The van der Waals surface area contributed by atoms with Gasteiger partial charge >= 0.3 is 0 Å². The molecule has 0 aromatic carbocycles. The molecule has 0 radical (unpaired) electrons. The van der Waals surface area contributed by atoms with E-state index in [0.29, 0.717) is 16.7 Å². The Kier molecular flexibility index (Phi) is 5.48. The first-order valence-electron chi connectivity index (χ1n) is 8.04. The van der Waals surface area contributed by atoms with Crippen LogP contribution in [0, 0.1) is 6.92 Å². The second-order valence-electron chi connectivity index (χ2n) is 5.74. The first-order valence-corrected chi connectivity index (χ1v) is 8.42. The van der Waals surface area contributed by atoms with Gasteiger partial charge in [-0.2, -0.15) is 5.10 Å². The molecule has 1 N–H and O–H groups in total. The highest BCUT2D eigenvalue weighted by molar-refractivity contribution is 6.30. The number of halogens is 1. The van der Waals surface area contributed by atoms with Crippen LogP contribution in [0.2, 0.25) is 5.02 Å². The van der Waals surface area contributed by atoms with Crippen LogP contribution in [0.25, 0.3) is 0 Å². The zero-order chi connectivity index (χ0) is 18.5. The highest BCUT2D eigenvalue weighted by Crippen LogP contribution is 2.22. The molecule has 0 saturated heterocycles. The largest absolute Gasteiger partial charge is 0.437 e. The molecule has 8 heteroatoms. The average Bonchev–Trinajstić information content (AvgIpc) is 3.08. The van der Waals surface area contributed by atoms with Crippen molar-refractivity contribution in [2.24, 2.45) is 0 Å². The van der Waals surface area contributed by atoms with E-state index in [-0.39, 0.29) is 12.5 Å². The summed E-state index contributed by atoms with van der Waals surface area (Å²) >= 11 is 5.84. The van der Waals surface area contributed by atoms with E-state index in [1.807, 2.05) is 25.1 Å². The van der Waals surface area contributed by atoms with Gasteiger partial charge in [0.25, 0.3) is 0 Å². The number of hydrogen-bond donors (Lipinski definition) is 1. The molecule has 0 bridgehead atoms. The number of ether oxygens (including phenoxy) is 1. The molecule has 1 unspecified atom stereocenters. The minimum atomic E-state index is -0.482. The van der Waals surface area contributed by atoms with Gasteiger partial charge < -0.3 is 10.1 Å². The number of carbonyl (C=O) groups excluding carboxylic acids is 1. The fourth-order valence-electron chi connectivity index (χ4n) is 2.25. The van der Waals surface area contributed by atoms with E-state index in [9.17, 15) is 4.79 Å². The summed E-state index contributed by atoms with van der Waals surface area (Å²) in [6, 6.07) is 6.84. The minimum absolute atomic E-state index is 0.184. The summed E-state index contributed by atoms with van der Waals surface area (Å²) in [5.74, 6) is 0.825. The third kappa shape index (κ3) is 4.37. The smallest absolute Gasteiger partial charge is 0.244 e. The van der Waals surface area contributed by atoms with Gasteiger partial charge in [-0.25, -0.2) is 4.98 Å². The molecule has 26 heavy (non-hydrogen) atoms. The Bertz CT molecular complexity index is 895. The van der Waals surface area contributed by atoms with Crippen molar-refractivity contribution in [2.75, 3.05) is 0 Å². The number of pyridine rings is 2. The van der Waals surface area contributed by atoms with Crippen molar-refractivity contribution in [1.82, 2.24) is 25.1 Å². The van der Waals surface area contributed by atoms with Crippen LogP contribution in [-0.4, -0.2) is 25.7 Å². The lowest BCUT2D eigenvalue weighted by molar-refractivity contribution is -0.124. The van der Waals surface area contributed by atoms with Crippen LogP contribution in [-0.2, 0) is 11.3 Å². The number of nitrogens with zero attached hydrogens (tertiary/aromatic N) is 4. The second kappa shape index (κ2) is 7.97. The Hall–Kier alpha value is -2.93. The lowest BCUT2D eigenvalue weighted by atomic mass is 10.2. The van der Waals surface area contributed by atoms with E-state index in [4.69, 9.17) is 16.3 Å². The number of aryl methyl sites for hydroxylation is 1. The van der Waals surface area contributed by atoms with Crippen molar-refractivity contribution in [2.45, 2.75) is 26.4 Å². The number of hydrogen-bond acceptors (Lipinski definition) is 5. The maximum absolute atomic E-state index is 12.3. The number of carbonyl (C=O) groups is 1. The second-order valence-corrected chi connectivity index (χ2v) is 6.17. The molecule has 3 rings (SSSR count). The molecular formula is C18H18ClN5O2. The summed E-state index contributed by atoms with van der Waals surface area (Å²) in [6.07, 6.45) is 6.37. The van der Waals surface area contributed by atoms with Crippen molar-refractivity contribution in [3.8, 4) is 11.6 Å². The van der Waals surface area contributed by atoms with Crippen LogP contribution in [0.4, 0.5) is 0 Å². The predicted octanol–water partition coefficient (Wildman–Crippen LogP) is 3.30. The van der Waals surface area contributed by atoms with E-state index < -0.39 is 6.04 Å². The van der Waals surface area contributed by atoms with Gasteiger partial charge in [-0.05, 0) is 32.0 Å².